The number of rotatable bonds is 7. The highest BCUT2D eigenvalue weighted by Crippen LogP contribution is 2.19. The Kier molecular flexibility index (Phi) is 4.74. The van der Waals surface area contributed by atoms with Crippen LogP contribution < -0.4 is 5.32 Å². The van der Waals surface area contributed by atoms with Gasteiger partial charge in [-0.2, -0.15) is 5.10 Å². The minimum atomic E-state index is 0.274. The molecule has 3 nitrogen and oxygen atoms in total. The second-order valence-corrected chi connectivity index (χ2v) is 4.21. The fourth-order valence-corrected chi connectivity index (χ4v) is 1.98. The average Bonchev–Trinajstić information content (AvgIpc) is 2.80. The monoisotopic (exact) mass is 221 g/mol. The third-order valence-electron chi connectivity index (χ3n) is 3.54. The molecular weight excluding hydrogens is 198 g/mol. The summed E-state index contributed by atoms with van der Waals surface area (Å²) in [5.74, 6) is 0. The molecule has 0 unspecified atom stereocenters. The molecule has 0 saturated heterocycles. The normalized spacial score (nSPS) is 11.7. The summed E-state index contributed by atoms with van der Waals surface area (Å²) in [6, 6.07) is 0. The van der Waals surface area contributed by atoms with Crippen LogP contribution in [0, 0.1) is 0 Å². The molecular formula is C13H23N3. The number of nitrogens with one attached hydrogen (secondary N) is 1. The van der Waals surface area contributed by atoms with Crippen molar-refractivity contribution in [3.05, 3.63) is 24.5 Å². The quantitative estimate of drug-likeness (QED) is 0.767. The van der Waals surface area contributed by atoms with Crippen molar-refractivity contribution in [3.8, 4) is 0 Å². The molecule has 0 aromatic carbocycles. The molecule has 1 N–H and O–H groups in total. The van der Waals surface area contributed by atoms with Crippen LogP contribution in [-0.4, -0.2) is 15.3 Å². The second-order valence-electron chi connectivity index (χ2n) is 4.21. The van der Waals surface area contributed by atoms with E-state index in [1.54, 1.807) is 10.9 Å². The van der Waals surface area contributed by atoms with Crippen LogP contribution in [0.25, 0.3) is 6.20 Å². The zero-order chi connectivity index (χ0) is 12.0. The van der Waals surface area contributed by atoms with E-state index in [0.29, 0.717) is 0 Å². The summed E-state index contributed by atoms with van der Waals surface area (Å²) >= 11 is 0. The lowest BCUT2D eigenvalue weighted by molar-refractivity contribution is 0.288. The Hall–Kier alpha value is -1.09. The molecule has 0 amide bonds. The first kappa shape index (κ1) is 13.0. The molecule has 16 heavy (non-hydrogen) atoms. The lowest BCUT2D eigenvalue weighted by Crippen LogP contribution is -2.42. The zero-order valence-corrected chi connectivity index (χ0v) is 10.7. The molecule has 0 spiro atoms. The Morgan fingerprint density at radius 3 is 2.44 bits per heavy atom. The van der Waals surface area contributed by atoms with E-state index in [9.17, 15) is 0 Å². The Labute approximate surface area is 98.5 Å². The van der Waals surface area contributed by atoms with Crippen LogP contribution in [0.15, 0.2) is 19.0 Å². The molecule has 90 valence electrons. The summed E-state index contributed by atoms with van der Waals surface area (Å²) in [6.07, 6.45) is 9.09. The van der Waals surface area contributed by atoms with Crippen molar-refractivity contribution in [2.75, 3.05) is 0 Å². The van der Waals surface area contributed by atoms with Crippen LogP contribution in [0.5, 0.6) is 0 Å². The summed E-state index contributed by atoms with van der Waals surface area (Å²) in [5, 5.41) is 7.82. The molecule has 0 saturated carbocycles. The largest absolute Gasteiger partial charge is 0.307 e. The number of hydrogen-bond donors (Lipinski definition) is 1. The average molecular weight is 221 g/mol. The van der Waals surface area contributed by atoms with Crippen LogP contribution in [0.3, 0.4) is 0 Å². The van der Waals surface area contributed by atoms with Gasteiger partial charge in [-0.15, -0.1) is 0 Å². The molecule has 0 atom stereocenters. The van der Waals surface area contributed by atoms with Crippen LogP contribution in [0.1, 0.15) is 45.6 Å². The molecule has 0 aliphatic heterocycles. The Morgan fingerprint density at radius 1 is 1.38 bits per heavy atom. The van der Waals surface area contributed by atoms with Gasteiger partial charge in [0.05, 0.1) is 6.20 Å². The van der Waals surface area contributed by atoms with E-state index in [-0.39, 0.29) is 5.54 Å². The lowest BCUT2D eigenvalue weighted by atomic mass is 9.90. The SMILES string of the molecule is C=Cn1cc(CNC(CC)(CC)CC)cn1. The van der Waals surface area contributed by atoms with E-state index in [2.05, 4.69) is 37.8 Å². The molecule has 0 radical (unpaired) electrons. The third kappa shape index (κ3) is 2.95. The first-order valence-electron chi connectivity index (χ1n) is 6.10. The second kappa shape index (κ2) is 5.85. The van der Waals surface area contributed by atoms with E-state index in [0.717, 1.165) is 25.8 Å². The highest BCUT2D eigenvalue weighted by molar-refractivity contribution is 5.17. The zero-order valence-electron chi connectivity index (χ0n) is 10.7. The lowest BCUT2D eigenvalue weighted by Gasteiger charge is -2.31. The van der Waals surface area contributed by atoms with Crippen LogP contribution in [0.4, 0.5) is 0 Å². The van der Waals surface area contributed by atoms with Crippen molar-refractivity contribution in [2.24, 2.45) is 0 Å². The summed E-state index contributed by atoms with van der Waals surface area (Å²) in [6.45, 7) is 11.3. The molecule has 1 aromatic heterocycles. The van der Waals surface area contributed by atoms with E-state index >= 15 is 0 Å². The topological polar surface area (TPSA) is 29.9 Å². The molecule has 0 aliphatic carbocycles. The van der Waals surface area contributed by atoms with E-state index < -0.39 is 0 Å². The van der Waals surface area contributed by atoms with Gasteiger partial charge in [0, 0.05) is 30.0 Å². The minimum Gasteiger partial charge on any atom is -0.307 e. The van der Waals surface area contributed by atoms with Gasteiger partial charge in [0.15, 0.2) is 0 Å². The van der Waals surface area contributed by atoms with E-state index in [1.165, 1.54) is 5.56 Å². The number of aromatic nitrogens is 2. The number of hydrogen-bond acceptors (Lipinski definition) is 2. The third-order valence-corrected chi connectivity index (χ3v) is 3.54. The molecule has 0 bridgehead atoms. The van der Waals surface area contributed by atoms with Gasteiger partial charge in [-0.1, -0.05) is 27.4 Å². The summed E-state index contributed by atoms with van der Waals surface area (Å²) < 4.78 is 1.74. The van der Waals surface area contributed by atoms with Crippen molar-refractivity contribution >= 4 is 6.20 Å². The maximum atomic E-state index is 4.17. The van der Waals surface area contributed by atoms with Gasteiger partial charge < -0.3 is 5.32 Å². The van der Waals surface area contributed by atoms with Gasteiger partial charge in [0.2, 0.25) is 0 Å². The molecule has 0 fully saturated rings. The van der Waals surface area contributed by atoms with Gasteiger partial charge in [0.25, 0.3) is 0 Å². The summed E-state index contributed by atoms with van der Waals surface area (Å²) in [4.78, 5) is 0. The number of nitrogens with zero attached hydrogens (tertiary/aromatic N) is 2. The Morgan fingerprint density at radius 2 is 2.00 bits per heavy atom. The highest BCUT2D eigenvalue weighted by atomic mass is 15.2. The Balaban J connectivity index is 2.58. The fourth-order valence-electron chi connectivity index (χ4n) is 1.98. The minimum absolute atomic E-state index is 0.274. The molecule has 1 heterocycles. The van der Waals surface area contributed by atoms with Crippen molar-refractivity contribution < 1.29 is 0 Å². The van der Waals surface area contributed by atoms with Crippen molar-refractivity contribution in [1.82, 2.24) is 15.1 Å². The first-order valence-corrected chi connectivity index (χ1v) is 6.10. The van der Waals surface area contributed by atoms with E-state index in [4.69, 9.17) is 0 Å². The van der Waals surface area contributed by atoms with Crippen LogP contribution in [0.2, 0.25) is 0 Å². The summed E-state index contributed by atoms with van der Waals surface area (Å²) in [7, 11) is 0. The van der Waals surface area contributed by atoms with Gasteiger partial charge >= 0.3 is 0 Å². The van der Waals surface area contributed by atoms with Gasteiger partial charge in [-0.05, 0) is 19.3 Å². The van der Waals surface area contributed by atoms with Crippen molar-refractivity contribution in [3.63, 3.8) is 0 Å². The van der Waals surface area contributed by atoms with E-state index in [1.807, 2.05) is 12.4 Å². The van der Waals surface area contributed by atoms with Crippen LogP contribution in [-0.2, 0) is 6.54 Å². The predicted octanol–water partition coefficient (Wildman–Crippen LogP) is 3.04. The van der Waals surface area contributed by atoms with Crippen molar-refractivity contribution in [2.45, 2.75) is 52.1 Å². The molecule has 3 heteroatoms. The first-order chi connectivity index (χ1) is 7.69. The summed E-state index contributed by atoms with van der Waals surface area (Å²) in [5.41, 5.74) is 1.48. The van der Waals surface area contributed by atoms with Gasteiger partial charge in [-0.3, -0.25) is 0 Å². The standard InChI is InChI=1S/C13H23N3/c1-5-13(6-2,7-3)14-9-12-10-15-16(8-4)11-12/h8,10-11,14H,4-7,9H2,1-3H3. The van der Waals surface area contributed by atoms with Crippen molar-refractivity contribution in [1.29, 1.82) is 0 Å². The Bertz CT molecular complexity index is 315. The van der Waals surface area contributed by atoms with Crippen LogP contribution >= 0.6 is 0 Å². The predicted molar refractivity (Wildman–Crippen MR) is 69.1 cm³/mol. The smallest absolute Gasteiger partial charge is 0.0538 e. The molecule has 1 aromatic rings. The maximum absolute atomic E-state index is 4.17. The van der Waals surface area contributed by atoms with Gasteiger partial charge in [0.1, 0.15) is 0 Å². The fraction of sp³-hybridized carbons (Fsp3) is 0.615. The molecule has 0 aliphatic rings. The van der Waals surface area contributed by atoms with Gasteiger partial charge in [-0.25, -0.2) is 4.68 Å². The maximum Gasteiger partial charge on any atom is 0.0538 e. The highest BCUT2D eigenvalue weighted by Gasteiger charge is 2.22. The molecule has 1 rings (SSSR count).